The summed E-state index contributed by atoms with van der Waals surface area (Å²) in [5, 5.41) is 115. The number of aliphatic hydroxyl groups excluding tert-OH is 9. The van der Waals surface area contributed by atoms with E-state index in [-0.39, 0.29) is 134 Å². The van der Waals surface area contributed by atoms with Gasteiger partial charge in [-0.15, -0.1) is 0 Å². The summed E-state index contributed by atoms with van der Waals surface area (Å²) in [6, 6.07) is -2.13. The lowest BCUT2D eigenvalue weighted by molar-refractivity contribution is -0.475. The minimum atomic E-state index is -2.48. The number of nitrogens with zero attached hydrogens (tertiary/aromatic N) is 1. The smallest absolute Gasteiger partial charge is 0.367 e. The first-order chi connectivity index (χ1) is 61.7. The van der Waals surface area contributed by atoms with Crippen LogP contribution in [0.15, 0.2) is 24.2 Å². The predicted octanol–water partition coefficient (Wildman–Crippen LogP) is -0.509. The fourth-order valence-electron chi connectivity index (χ4n) is 17.5. The molecule has 0 radical (unpaired) electrons. The fourth-order valence-corrected chi connectivity index (χ4v) is 18.0. The number of amides is 8. The molecule has 42 heteroatoms. The Bertz CT molecular complexity index is 3230. The maximum absolute atomic E-state index is 14.7. The van der Waals surface area contributed by atoms with Crippen molar-refractivity contribution in [1.29, 1.82) is 0 Å². The van der Waals surface area contributed by atoms with E-state index in [0.29, 0.717) is 142 Å². The molecule has 736 valence electrons. The van der Waals surface area contributed by atoms with Crippen molar-refractivity contribution in [3.63, 3.8) is 0 Å². The van der Waals surface area contributed by atoms with Crippen LogP contribution >= 0.6 is 8.25 Å². The van der Waals surface area contributed by atoms with Crippen LogP contribution in [0.5, 0.6) is 0 Å². The molecular weight excluding hydrogens is 1700 g/mol. The van der Waals surface area contributed by atoms with Gasteiger partial charge in [-0.1, -0.05) is 70.8 Å². The van der Waals surface area contributed by atoms with Gasteiger partial charge in [0.15, 0.2) is 30.0 Å². The van der Waals surface area contributed by atoms with Crippen LogP contribution in [0.25, 0.3) is 0 Å². The van der Waals surface area contributed by atoms with Crippen molar-refractivity contribution in [2.75, 3.05) is 152 Å². The van der Waals surface area contributed by atoms with Gasteiger partial charge in [0.2, 0.25) is 47.3 Å². The van der Waals surface area contributed by atoms with Crippen molar-refractivity contribution in [3.8, 4) is 0 Å². The molecule has 0 spiro atoms. The molecule has 128 heavy (non-hydrogen) atoms. The van der Waals surface area contributed by atoms with E-state index in [1.165, 1.54) is 40.0 Å². The normalized spacial score (nSPS) is 28.6. The number of aliphatic hydroxyl groups is 9. The molecule has 4 aliphatic heterocycles. The fraction of sp³-hybridized carbons (Fsp3) is 0.860. The lowest BCUT2D eigenvalue weighted by Crippen LogP contribution is -3.00. The number of unbranched alkanes of at least 4 members (excludes halogenated alkanes) is 13. The number of fused-ring (bicyclic) bond motifs is 2. The second-order valence-corrected chi connectivity index (χ2v) is 35.5. The van der Waals surface area contributed by atoms with Gasteiger partial charge < -0.3 is 160 Å². The van der Waals surface area contributed by atoms with Gasteiger partial charge in [-0.3, -0.25) is 38.4 Å². The van der Waals surface area contributed by atoms with Gasteiger partial charge in [0, 0.05) is 116 Å². The number of carbonyl (C=O) groups excluding carboxylic acids is 8. The van der Waals surface area contributed by atoms with Crippen LogP contribution in [0, 0.1) is 23.7 Å². The van der Waals surface area contributed by atoms with E-state index < -0.39 is 148 Å². The maximum atomic E-state index is 14.7. The highest BCUT2D eigenvalue weighted by Crippen LogP contribution is 2.58. The minimum Gasteiger partial charge on any atom is -0.435 e. The van der Waals surface area contributed by atoms with Crippen molar-refractivity contribution in [2.45, 2.75) is 297 Å². The van der Waals surface area contributed by atoms with Crippen molar-refractivity contribution >= 4 is 55.5 Å². The molecule has 7 rings (SSSR count). The third-order valence-electron chi connectivity index (χ3n) is 24.8. The van der Waals surface area contributed by atoms with Gasteiger partial charge in [0.25, 0.3) is 0 Å². The second-order valence-electron chi connectivity index (χ2n) is 34.5. The lowest BCUT2D eigenvalue weighted by atomic mass is 9.53. The molecule has 4 saturated heterocycles. The first-order valence-corrected chi connectivity index (χ1v) is 47.4. The van der Waals surface area contributed by atoms with Gasteiger partial charge in [0.1, 0.15) is 66.5 Å². The molecule has 3 aliphatic carbocycles. The van der Waals surface area contributed by atoms with Gasteiger partial charge in [-0.05, 0) is 108 Å². The van der Waals surface area contributed by atoms with Crippen molar-refractivity contribution in [3.05, 3.63) is 24.2 Å². The number of carbonyl (C=O) groups is 8. The Balaban J connectivity index is 0.869. The number of hydrogen-bond acceptors (Lipinski definition) is 33. The van der Waals surface area contributed by atoms with Crippen LogP contribution in [-0.2, 0) is 104 Å². The van der Waals surface area contributed by atoms with Crippen LogP contribution in [0.1, 0.15) is 201 Å². The zero-order valence-corrected chi connectivity index (χ0v) is 76.2. The first kappa shape index (κ1) is 109. The van der Waals surface area contributed by atoms with Crippen molar-refractivity contribution in [1.82, 2.24) is 47.4 Å². The van der Waals surface area contributed by atoms with Crippen molar-refractivity contribution < 1.29 is 150 Å². The summed E-state index contributed by atoms with van der Waals surface area (Å²) in [4.78, 5) is 106. The molecule has 8 amide bonds. The lowest BCUT2D eigenvalue weighted by Gasteiger charge is -2.73. The van der Waals surface area contributed by atoms with E-state index in [1.54, 1.807) is 4.90 Å². The maximum Gasteiger partial charge on any atom is 0.367 e. The number of allylic oxidation sites excluding steroid dienone is 2. The molecule has 0 bridgehead atoms. The van der Waals surface area contributed by atoms with Gasteiger partial charge in [-0.25, -0.2) is 4.57 Å². The van der Waals surface area contributed by atoms with Gasteiger partial charge >= 0.3 is 8.25 Å². The quantitative estimate of drug-likeness (QED) is 0.0207. The van der Waals surface area contributed by atoms with Crippen LogP contribution in [-0.4, -0.2) is 346 Å². The van der Waals surface area contributed by atoms with Gasteiger partial charge in [-0.2, -0.15) is 0 Å². The van der Waals surface area contributed by atoms with E-state index in [2.05, 4.69) is 49.1 Å². The highest BCUT2D eigenvalue weighted by Gasteiger charge is 2.85. The topological polar surface area (TPSA) is 581 Å². The summed E-state index contributed by atoms with van der Waals surface area (Å²) in [5.74, 6) is -1.22. The molecule has 19 unspecified atom stereocenters. The minimum absolute atomic E-state index is 0.0737. The largest absolute Gasteiger partial charge is 0.435 e. The summed E-state index contributed by atoms with van der Waals surface area (Å²) in [6.07, 6.45) is 5.80. The van der Waals surface area contributed by atoms with Crippen LogP contribution in [0.2, 0.25) is 0 Å². The number of likely N-dealkylation sites (tertiary alicyclic amines) is 1. The molecular formula is C86H151N10O31P. The Morgan fingerprint density at radius 2 is 0.992 bits per heavy atom. The van der Waals surface area contributed by atoms with Crippen molar-refractivity contribution in [2.24, 2.45) is 29.4 Å². The number of rotatable bonds is 68. The third-order valence-corrected chi connectivity index (χ3v) is 25.6. The second kappa shape index (κ2) is 58.9. The van der Waals surface area contributed by atoms with Crippen LogP contribution in [0.4, 0.5) is 0 Å². The van der Waals surface area contributed by atoms with E-state index in [1.807, 2.05) is 0 Å². The highest BCUT2D eigenvalue weighted by molar-refractivity contribution is 7.33. The van der Waals surface area contributed by atoms with E-state index >= 15 is 0 Å². The Labute approximate surface area is 752 Å². The average molecular weight is 1850 g/mol. The molecule has 0 aromatic rings. The summed E-state index contributed by atoms with van der Waals surface area (Å²) in [5.41, 5.74) is 4.10. The van der Waals surface area contributed by atoms with Crippen LogP contribution < -0.4 is 48.3 Å². The molecule has 19 atom stereocenters. The molecule has 0 aromatic carbocycles. The highest BCUT2D eigenvalue weighted by atomic mass is 31.1. The summed E-state index contributed by atoms with van der Waals surface area (Å²) >= 11 is 0. The Hall–Kier alpha value is -5.97. The first-order valence-electron chi connectivity index (χ1n) is 46.2. The Morgan fingerprint density at radius 1 is 0.531 bits per heavy atom. The number of nitrogens with two attached hydrogens (primary N) is 1. The SMILES string of the molecule is C=CO[PH](=O)OCCCCCCCC1C2CC/C(N)=C(/NCCOCCOCCC(=O)N3CCC(C(=O)NC(COCCC(=O)NCCCCCCOC4OC(CO)C(O)C(O)C4NC(C)=O)(COCCC(=O)NCCCCCCOC4OC(CO)C(O)C(O)C4NC(C)=O)COCCC(=O)NCCCCCCOC4OC5(CO)C(O)C(O)C45NC(C)=O)CC3)CCC12. The van der Waals surface area contributed by atoms with E-state index in [9.17, 15) is 88.9 Å². The summed E-state index contributed by atoms with van der Waals surface area (Å²) in [7, 11) is -2.48. The zero-order chi connectivity index (χ0) is 92.9. The number of ether oxygens (including phenoxy) is 11. The molecule has 6 fully saturated rings. The molecule has 19 N–H and O–H groups in total. The molecule has 4 heterocycles. The average Bonchev–Trinajstić information content (AvgIpc) is 0.852. The molecule has 2 saturated carbocycles. The molecule has 0 aromatic heterocycles. The number of piperidine rings is 1. The number of hydrogen-bond donors (Lipinski definition) is 18. The number of nitrogens with one attached hydrogen (secondary N) is 8. The van der Waals surface area contributed by atoms with Crippen LogP contribution in [0.3, 0.4) is 0 Å². The predicted molar refractivity (Wildman–Crippen MR) is 461 cm³/mol. The van der Waals surface area contributed by atoms with E-state index in [0.717, 1.165) is 80.4 Å². The summed E-state index contributed by atoms with van der Waals surface area (Å²) in [6.45, 7) is 8.72. The Morgan fingerprint density at radius 3 is 1.48 bits per heavy atom. The molecule has 7 aliphatic rings. The monoisotopic (exact) mass is 1850 g/mol. The Kier molecular flexibility index (Phi) is 50.2. The zero-order valence-electron chi connectivity index (χ0n) is 75.2. The third kappa shape index (κ3) is 35.1. The van der Waals surface area contributed by atoms with Gasteiger partial charge in [0.05, 0.1) is 105 Å². The standard InChI is InChI=1S/C86H151N10O31P/c1-5-123-128(114)124-43-22-11-6-7-15-23-61-62-24-26-64(87)65(27-25-63(61)62)88-37-48-116-50-49-115-47-33-71(106)96-38-28-60(29-39-96)80(113)95-84(54-117-44-30-68(103)89-34-16-8-12-19-40-120-81-72(92-57(2)100)76(109)74(107)66(51-97)125-81,55-118-45-31-69(104)90-35-17-9-13-20-41-121-82-73(93-58(3)101)77(110)75(108)67(52-98)126-82)56-119-46-32-70(105)91-36-18-10-14-21-42-122-83-86(94-59(4)102)79(112)78(111)85(86,53-99)127-83/h5,60-63,66-67,72-79,81-83,88,97-99,107-112,128H,1,6-56,87H2,2-4H3,(H,89,103)(H,90,104)(H,91,105)(H,92,100)(H,93,101)(H,94,102)(H,95,113)/b65-64-. The molecule has 41 nitrogen and oxygen atoms in total. The van der Waals surface area contributed by atoms with E-state index in [4.69, 9.17) is 66.9 Å². The summed E-state index contributed by atoms with van der Waals surface area (Å²) < 4.78 is 86.3.